The van der Waals surface area contributed by atoms with Crippen LogP contribution in [0.5, 0.6) is 5.75 Å². The Morgan fingerprint density at radius 2 is 1.75 bits per heavy atom. The van der Waals surface area contributed by atoms with Gasteiger partial charge in [0.25, 0.3) is 0 Å². The number of hydrogen-bond acceptors (Lipinski definition) is 6. The maximum absolute atomic E-state index is 12.6. The topological polar surface area (TPSA) is 74.5 Å². The van der Waals surface area contributed by atoms with Gasteiger partial charge in [-0.15, -0.1) is 10.2 Å². The van der Waals surface area contributed by atoms with Crippen molar-refractivity contribution in [1.29, 1.82) is 0 Å². The molecule has 2 heterocycles. The van der Waals surface area contributed by atoms with Gasteiger partial charge in [0, 0.05) is 16.7 Å². The van der Waals surface area contributed by atoms with Gasteiger partial charge in [0.05, 0.1) is 10.6 Å². The van der Waals surface area contributed by atoms with E-state index in [0.29, 0.717) is 16.7 Å². The number of cyclic esters (lactones) is 1. The Balaban J connectivity index is 1.58. The second-order valence-electron chi connectivity index (χ2n) is 6.05. The highest BCUT2D eigenvalue weighted by atomic mass is 35.5. The number of rotatable bonds is 6. The standard InChI is InChI=1S/C19H13ClF2N2O4/c20-15-6-11(2-4-16(15)27-13(7-21)8-22)18-24-23-17(28-18)10-1-3-14-12(5-10)9-26-19(14)25/h1-6,13H,7-9H2. The highest BCUT2D eigenvalue weighted by molar-refractivity contribution is 6.32. The molecule has 6 nitrogen and oxygen atoms in total. The summed E-state index contributed by atoms with van der Waals surface area (Å²) in [6, 6.07) is 9.70. The molecule has 1 aliphatic rings. The highest BCUT2D eigenvalue weighted by Crippen LogP contribution is 2.32. The monoisotopic (exact) mass is 406 g/mol. The van der Waals surface area contributed by atoms with E-state index in [2.05, 4.69) is 10.2 Å². The average Bonchev–Trinajstić information content (AvgIpc) is 3.34. The van der Waals surface area contributed by atoms with Crippen molar-refractivity contribution in [2.24, 2.45) is 0 Å². The van der Waals surface area contributed by atoms with Gasteiger partial charge < -0.3 is 13.9 Å². The fourth-order valence-electron chi connectivity index (χ4n) is 2.74. The van der Waals surface area contributed by atoms with Gasteiger partial charge in [0.2, 0.25) is 11.8 Å². The number of halogens is 3. The molecular weight excluding hydrogens is 394 g/mol. The summed E-state index contributed by atoms with van der Waals surface area (Å²) in [5, 5.41) is 8.18. The molecular formula is C19H13ClF2N2O4. The molecule has 0 N–H and O–H groups in total. The Hall–Kier alpha value is -3.00. The van der Waals surface area contributed by atoms with Crippen LogP contribution in [-0.4, -0.2) is 35.6 Å². The van der Waals surface area contributed by atoms with Crippen LogP contribution in [-0.2, 0) is 11.3 Å². The lowest BCUT2D eigenvalue weighted by molar-refractivity contribution is 0.0535. The van der Waals surface area contributed by atoms with Gasteiger partial charge in [-0.05, 0) is 36.4 Å². The Labute approximate surface area is 163 Å². The Kier molecular flexibility index (Phi) is 4.95. The maximum Gasteiger partial charge on any atom is 0.338 e. The predicted molar refractivity (Wildman–Crippen MR) is 95.7 cm³/mol. The number of carbonyl (C=O) groups is 1. The third-order valence-corrected chi connectivity index (χ3v) is 4.47. The van der Waals surface area contributed by atoms with Crippen LogP contribution in [0.1, 0.15) is 15.9 Å². The summed E-state index contributed by atoms with van der Waals surface area (Å²) >= 11 is 6.13. The number of carbonyl (C=O) groups excluding carboxylic acids is 1. The van der Waals surface area contributed by atoms with Crippen LogP contribution in [0.4, 0.5) is 8.78 Å². The first-order valence-electron chi connectivity index (χ1n) is 8.31. The minimum atomic E-state index is -1.20. The maximum atomic E-state index is 12.6. The van der Waals surface area contributed by atoms with Crippen LogP contribution in [0.15, 0.2) is 40.8 Å². The second-order valence-corrected chi connectivity index (χ2v) is 6.46. The van der Waals surface area contributed by atoms with E-state index in [1.54, 1.807) is 24.3 Å². The van der Waals surface area contributed by atoms with E-state index < -0.39 is 19.5 Å². The van der Waals surface area contributed by atoms with E-state index in [-0.39, 0.29) is 35.1 Å². The first kappa shape index (κ1) is 18.4. The van der Waals surface area contributed by atoms with E-state index in [9.17, 15) is 13.6 Å². The van der Waals surface area contributed by atoms with E-state index in [0.717, 1.165) is 5.56 Å². The largest absolute Gasteiger partial charge is 0.483 e. The van der Waals surface area contributed by atoms with Crippen molar-refractivity contribution in [3.8, 4) is 28.7 Å². The fraction of sp³-hybridized carbons (Fsp3) is 0.211. The minimum Gasteiger partial charge on any atom is -0.483 e. The lowest BCUT2D eigenvalue weighted by atomic mass is 10.1. The zero-order chi connectivity index (χ0) is 19.7. The SMILES string of the molecule is O=C1OCc2cc(-c3nnc(-c4ccc(OC(CF)CF)c(Cl)c4)o3)ccc21. The fourth-order valence-corrected chi connectivity index (χ4v) is 2.96. The van der Waals surface area contributed by atoms with Crippen molar-refractivity contribution in [3.05, 3.63) is 52.5 Å². The van der Waals surface area contributed by atoms with Crippen LogP contribution in [0, 0.1) is 0 Å². The molecule has 0 bridgehead atoms. The van der Waals surface area contributed by atoms with Gasteiger partial charge in [0.15, 0.2) is 6.10 Å². The molecule has 1 aliphatic heterocycles. The molecule has 0 amide bonds. The number of fused-ring (bicyclic) bond motifs is 1. The van der Waals surface area contributed by atoms with Gasteiger partial charge in [0.1, 0.15) is 25.7 Å². The summed E-state index contributed by atoms with van der Waals surface area (Å²) in [6.45, 7) is -1.71. The van der Waals surface area contributed by atoms with Crippen molar-refractivity contribution in [1.82, 2.24) is 10.2 Å². The summed E-state index contributed by atoms with van der Waals surface area (Å²) in [6.07, 6.45) is -1.20. The van der Waals surface area contributed by atoms with Crippen LogP contribution in [0.25, 0.3) is 22.9 Å². The average molecular weight is 407 g/mol. The molecule has 2 aromatic carbocycles. The van der Waals surface area contributed by atoms with Crippen molar-refractivity contribution in [2.45, 2.75) is 12.7 Å². The van der Waals surface area contributed by atoms with Crippen molar-refractivity contribution in [2.75, 3.05) is 13.3 Å². The Bertz CT molecular complexity index is 1040. The zero-order valence-electron chi connectivity index (χ0n) is 14.3. The number of alkyl halides is 2. The molecule has 0 saturated carbocycles. The Morgan fingerprint density at radius 3 is 2.43 bits per heavy atom. The molecule has 28 heavy (non-hydrogen) atoms. The summed E-state index contributed by atoms with van der Waals surface area (Å²) in [5.74, 6) is 0.286. The molecule has 0 saturated heterocycles. The van der Waals surface area contributed by atoms with E-state index in [4.69, 9.17) is 25.5 Å². The quantitative estimate of drug-likeness (QED) is 0.564. The zero-order valence-corrected chi connectivity index (χ0v) is 15.1. The summed E-state index contributed by atoms with van der Waals surface area (Å²) in [7, 11) is 0. The van der Waals surface area contributed by atoms with E-state index >= 15 is 0 Å². The summed E-state index contributed by atoms with van der Waals surface area (Å²) < 4.78 is 41.1. The van der Waals surface area contributed by atoms with Crippen LogP contribution in [0.3, 0.4) is 0 Å². The molecule has 1 aromatic heterocycles. The van der Waals surface area contributed by atoms with Crippen LogP contribution in [0.2, 0.25) is 5.02 Å². The van der Waals surface area contributed by atoms with Gasteiger partial charge in [-0.25, -0.2) is 13.6 Å². The predicted octanol–water partition coefficient (Wildman–Crippen LogP) is 4.41. The van der Waals surface area contributed by atoms with Gasteiger partial charge in [-0.2, -0.15) is 0 Å². The molecule has 0 atom stereocenters. The summed E-state index contributed by atoms with van der Waals surface area (Å²) in [4.78, 5) is 11.5. The number of hydrogen-bond donors (Lipinski definition) is 0. The first-order chi connectivity index (χ1) is 13.6. The molecule has 144 valence electrons. The van der Waals surface area contributed by atoms with Gasteiger partial charge >= 0.3 is 5.97 Å². The van der Waals surface area contributed by atoms with Crippen molar-refractivity contribution >= 4 is 17.6 Å². The highest BCUT2D eigenvalue weighted by Gasteiger charge is 2.22. The number of esters is 1. The molecule has 0 spiro atoms. The van der Waals surface area contributed by atoms with Crippen LogP contribution < -0.4 is 4.74 Å². The van der Waals surface area contributed by atoms with Crippen molar-refractivity contribution < 1.29 is 27.5 Å². The molecule has 4 rings (SSSR count). The molecule has 9 heteroatoms. The Morgan fingerprint density at radius 1 is 1.07 bits per heavy atom. The lowest BCUT2D eigenvalue weighted by Gasteiger charge is -2.13. The van der Waals surface area contributed by atoms with Crippen LogP contribution >= 0.6 is 11.6 Å². The lowest BCUT2D eigenvalue weighted by Crippen LogP contribution is -2.21. The number of ether oxygens (including phenoxy) is 2. The van der Waals surface area contributed by atoms with E-state index in [1.165, 1.54) is 12.1 Å². The number of aromatic nitrogens is 2. The number of nitrogens with zero attached hydrogens (tertiary/aromatic N) is 2. The summed E-state index contributed by atoms with van der Waals surface area (Å²) in [5.41, 5.74) is 2.44. The molecule has 3 aromatic rings. The third kappa shape index (κ3) is 3.43. The third-order valence-electron chi connectivity index (χ3n) is 4.17. The van der Waals surface area contributed by atoms with E-state index in [1.807, 2.05) is 0 Å². The molecule has 0 radical (unpaired) electrons. The smallest absolute Gasteiger partial charge is 0.338 e. The normalized spacial score (nSPS) is 12.9. The minimum absolute atomic E-state index is 0.161. The van der Waals surface area contributed by atoms with Gasteiger partial charge in [-0.3, -0.25) is 0 Å². The second kappa shape index (κ2) is 7.55. The van der Waals surface area contributed by atoms with Gasteiger partial charge in [-0.1, -0.05) is 11.6 Å². The molecule has 0 unspecified atom stereocenters. The number of benzene rings is 2. The molecule has 0 fully saturated rings. The van der Waals surface area contributed by atoms with Crippen molar-refractivity contribution in [3.63, 3.8) is 0 Å². The molecule has 0 aliphatic carbocycles. The first-order valence-corrected chi connectivity index (χ1v) is 8.69.